The van der Waals surface area contributed by atoms with Crippen LogP contribution >= 0.6 is 12.4 Å². The Morgan fingerprint density at radius 2 is 2.14 bits per heavy atom. The predicted molar refractivity (Wildman–Crippen MR) is 87.1 cm³/mol. The Kier molecular flexibility index (Phi) is 8.75. The van der Waals surface area contributed by atoms with Crippen LogP contribution in [0.2, 0.25) is 0 Å². The molecule has 0 aliphatic carbocycles. The number of carbonyl (C=O) groups excluding carboxylic acids is 2. The summed E-state index contributed by atoms with van der Waals surface area (Å²) in [4.78, 5) is 25.6. The molecule has 0 radical (unpaired) electrons. The number of halogens is 1. The number of nitrogens with one attached hydrogen (secondary N) is 2. The molecule has 2 heterocycles. The average Bonchev–Trinajstić information content (AvgIpc) is 2.99. The molecule has 2 saturated heterocycles. The number of nitrogens with zero attached hydrogens (tertiary/aromatic N) is 1. The fourth-order valence-corrected chi connectivity index (χ4v) is 3.13. The van der Waals surface area contributed by atoms with Gasteiger partial charge in [-0.3, -0.25) is 14.5 Å². The third-order valence-electron chi connectivity index (χ3n) is 4.20. The highest BCUT2D eigenvalue weighted by Gasteiger charge is 2.25. The highest BCUT2D eigenvalue weighted by molar-refractivity contribution is 5.85. The number of amides is 1. The van der Waals surface area contributed by atoms with Crippen molar-refractivity contribution in [3.8, 4) is 0 Å². The monoisotopic (exact) mass is 333 g/mol. The quantitative estimate of drug-likeness (QED) is 0.695. The second-order valence-corrected chi connectivity index (χ2v) is 5.94. The van der Waals surface area contributed by atoms with Crippen LogP contribution in [0.4, 0.5) is 0 Å². The minimum atomic E-state index is -0.155. The van der Waals surface area contributed by atoms with Gasteiger partial charge in [0.1, 0.15) is 0 Å². The van der Waals surface area contributed by atoms with Crippen LogP contribution in [0, 0.1) is 5.92 Å². The summed E-state index contributed by atoms with van der Waals surface area (Å²) in [5.74, 6) is 0.394. The van der Waals surface area contributed by atoms with Gasteiger partial charge >= 0.3 is 5.97 Å². The van der Waals surface area contributed by atoms with Gasteiger partial charge in [-0.1, -0.05) is 0 Å². The Bertz CT molecular complexity index is 362. The molecule has 2 fully saturated rings. The first-order valence-electron chi connectivity index (χ1n) is 8.08. The van der Waals surface area contributed by atoms with Crippen molar-refractivity contribution in [1.82, 2.24) is 15.5 Å². The van der Waals surface area contributed by atoms with Crippen LogP contribution < -0.4 is 10.6 Å². The van der Waals surface area contributed by atoms with E-state index in [1.165, 1.54) is 0 Å². The zero-order valence-corrected chi connectivity index (χ0v) is 14.1. The summed E-state index contributed by atoms with van der Waals surface area (Å²) in [7, 11) is 0. The zero-order valence-electron chi connectivity index (χ0n) is 13.3. The molecule has 2 aliphatic heterocycles. The van der Waals surface area contributed by atoms with Gasteiger partial charge in [-0.15, -0.1) is 12.4 Å². The number of esters is 1. The van der Waals surface area contributed by atoms with Gasteiger partial charge in [0, 0.05) is 13.1 Å². The predicted octanol–water partition coefficient (Wildman–Crippen LogP) is 0.552. The minimum Gasteiger partial charge on any atom is -0.465 e. The Labute approximate surface area is 138 Å². The molecule has 2 rings (SSSR count). The van der Waals surface area contributed by atoms with E-state index in [2.05, 4.69) is 15.5 Å². The summed E-state index contributed by atoms with van der Waals surface area (Å²) in [5, 5.41) is 6.26. The molecule has 0 aromatic rings. The number of likely N-dealkylation sites (tertiary alicyclic amines) is 1. The lowest BCUT2D eigenvalue weighted by Crippen LogP contribution is -2.46. The van der Waals surface area contributed by atoms with Crippen LogP contribution in [0.5, 0.6) is 0 Å². The summed E-state index contributed by atoms with van der Waals surface area (Å²) in [6.45, 7) is 6.06. The summed E-state index contributed by atoms with van der Waals surface area (Å²) >= 11 is 0. The Balaban J connectivity index is 0.00000242. The molecule has 128 valence electrons. The zero-order chi connectivity index (χ0) is 15.1. The van der Waals surface area contributed by atoms with Crippen molar-refractivity contribution in [1.29, 1.82) is 0 Å². The van der Waals surface area contributed by atoms with E-state index >= 15 is 0 Å². The standard InChI is InChI=1S/C15H27N3O3.ClH/c1-2-21-14(19)11-18-8-4-5-12(10-18)9-17-15(20)13-6-3-7-16-13;/h12-13,16H,2-11H2,1H3,(H,17,20);1H. The Morgan fingerprint density at radius 3 is 2.82 bits per heavy atom. The number of rotatable bonds is 6. The lowest BCUT2D eigenvalue weighted by Gasteiger charge is -2.32. The molecule has 22 heavy (non-hydrogen) atoms. The molecule has 2 unspecified atom stereocenters. The number of hydrogen-bond donors (Lipinski definition) is 2. The van der Waals surface area contributed by atoms with E-state index in [0.29, 0.717) is 25.6 Å². The lowest BCUT2D eigenvalue weighted by molar-refractivity contribution is -0.145. The Hall–Kier alpha value is -0.850. The summed E-state index contributed by atoms with van der Waals surface area (Å²) in [5.41, 5.74) is 0. The summed E-state index contributed by atoms with van der Waals surface area (Å²) < 4.78 is 4.99. The van der Waals surface area contributed by atoms with Crippen LogP contribution in [0.25, 0.3) is 0 Å². The third-order valence-corrected chi connectivity index (χ3v) is 4.20. The first kappa shape index (κ1) is 19.2. The van der Waals surface area contributed by atoms with Gasteiger partial charge in [0.2, 0.25) is 5.91 Å². The van der Waals surface area contributed by atoms with Crippen LogP contribution in [0.1, 0.15) is 32.6 Å². The molecular weight excluding hydrogens is 306 g/mol. The molecule has 6 nitrogen and oxygen atoms in total. The van der Waals surface area contributed by atoms with Crippen LogP contribution in [-0.4, -0.2) is 62.1 Å². The molecule has 2 atom stereocenters. The average molecular weight is 334 g/mol. The van der Waals surface area contributed by atoms with Gasteiger partial charge in [0.25, 0.3) is 0 Å². The van der Waals surface area contributed by atoms with E-state index in [9.17, 15) is 9.59 Å². The molecule has 2 N–H and O–H groups in total. The van der Waals surface area contributed by atoms with Crippen molar-refractivity contribution in [2.24, 2.45) is 5.92 Å². The number of piperidine rings is 1. The fraction of sp³-hybridized carbons (Fsp3) is 0.867. The van der Waals surface area contributed by atoms with Gasteiger partial charge in [-0.05, 0) is 51.6 Å². The van der Waals surface area contributed by atoms with E-state index in [1.54, 1.807) is 0 Å². The fourth-order valence-electron chi connectivity index (χ4n) is 3.13. The first-order valence-corrected chi connectivity index (χ1v) is 8.08. The lowest BCUT2D eigenvalue weighted by atomic mass is 9.98. The molecular formula is C15H28ClN3O3. The Morgan fingerprint density at radius 1 is 1.32 bits per heavy atom. The van der Waals surface area contributed by atoms with Gasteiger partial charge in [0.15, 0.2) is 0 Å². The molecule has 0 spiro atoms. The minimum absolute atomic E-state index is 0. The van der Waals surface area contributed by atoms with Gasteiger partial charge in [-0.25, -0.2) is 0 Å². The smallest absolute Gasteiger partial charge is 0.320 e. The van der Waals surface area contributed by atoms with Gasteiger partial charge in [-0.2, -0.15) is 0 Å². The maximum absolute atomic E-state index is 12.0. The second-order valence-electron chi connectivity index (χ2n) is 5.94. The van der Waals surface area contributed by atoms with Gasteiger partial charge < -0.3 is 15.4 Å². The van der Waals surface area contributed by atoms with Gasteiger partial charge in [0.05, 0.1) is 19.2 Å². The topological polar surface area (TPSA) is 70.7 Å². The van der Waals surface area contributed by atoms with Crippen molar-refractivity contribution < 1.29 is 14.3 Å². The first-order chi connectivity index (χ1) is 10.2. The molecule has 2 aliphatic rings. The normalized spacial score (nSPS) is 25.3. The maximum atomic E-state index is 12.0. The highest BCUT2D eigenvalue weighted by atomic mass is 35.5. The van der Waals surface area contributed by atoms with Crippen LogP contribution in [0.15, 0.2) is 0 Å². The largest absolute Gasteiger partial charge is 0.465 e. The molecule has 0 bridgehead atoms. The van der Waals surface area contributed by atoms with Crippen molar-refractivity contribution in [2.75, 3.05) is 39.3 Å². The maximum Gasteiger partial charge on any atom is 0.320 e. The van der Waals surface area contributed by atoms with Crippen LogP contribution in [0.3, 0.4) is 0 Å². The van der Waals surface area contributed by atoms with E-state index in [0.717, 1.165) is 45.3 Å². The third kappa shape index (κ3) is 6.10. The number of ether oxygens (including phenoxy) is 1. The van der Waals surface area contributed by atoms with Crippen molar-refractivity contribution >= 4 is 24.3 Å². The molecule has 7 heteroatoms. The number of carbonyl (C=O) groups is 2. The van der Waals surface area contributed by atoms with Crippen LogP contribution in [-0.2, 0) is 14.3 Å². The van der Waals surface area contributed by atoms with E-state index in [-0.39, 0.29) is 30.3 Å². The second kappa shape index (κ2) is 10.0. The van der Waals surface area contributed by atoms with Crippen molar-refractivity contribution in [2.45, 2.75) is 38.6 Å². The molecule has 1 amide bonds. The SMILES string of the molecule is CCOC(=O)CN1CCCC(CNC(=O)C2CCCN2)C1.Cl. The van der Waals surface area contributed by atoms with Crippen molar-refractivity contribution in [3.05, 3.63) is 0 Å². The molecule has 0 saturated carbocycles. The van der Waals surface area contributed by atoms with E-state index < -0.39 is 0 Å². The molecule has 0 aromatic heterocycles. The molecule has 0 aromatic carbocycles. The van der Waals surface area contributed by atoms with E-state index in [1.807, 2.05) is 6.92 Å². The van der Waals surface area contributed by atoms with E-state index in [4.69, 9.17) is 4.74 Å². The summed E-state index contributed by atoms with van der Waals surface area (Å²) in [6.07, 6.45) is 4.19. The highest BCUT2D eigenvalue weighted by Crippen LogP contribution is 2.16. The number of hydrogen-bond acceptors (Lipinski definition) is 5. The van der Waals surface area contributed by atoms with Crippen molar-refractivity contribution in [3.63, 3.8) is 0 Å². The summed E-state index contributed by atoms with van der Waals surface area (Å²) in [6, 6.07) is -0.00998.